The van der Waals surface area contributed by atoms with Crippen LogP contribution in [-0.2, 0) is 0 Å². The van der Waals surface area contributed by atoms with Crippen molar-refractivity contribution in [3.05, 3.63) is 21.9 Å². The molecule has 2 nitrogen and oxygen atoms in total. The van der Waals surface area contributed by atoms with Crippen LogP contribution in [0, 0.1) is 6.92 Å². The van der Waals surface area contributed by atoms with Crippen LogP contribution in [0.15, 0.2) is 11.4 Å². The number of rotatable bonds is 3. The predicted molar refractivity (Wildman–Crippen MR) is 51.7 cm³/mol. The minimum Gasteiger partial charge on any atom is -0.321 e. The van der Waals surface area contributed by atoms with Crippen molar-refractivity contribution in [2.45, 2.75) is 26.3 Å². The molecular weight excluding hydrogens is 170 g/mol. The van der Waals surface area contributed by atoms with E-state index in [1.54, 1.807) is 0 Å². The number of carbonyl (C=O) groups is 1. The van der Waals surface area contributed by atoms with Gasteiger partial charge in [-0.3, -0.25) is 4.79 Å². The van der Waals surface area contributed by atoms with Crippen molar-refractivity contribution in [1.82, 2.24) is 0 Å². The van der Waals surface area contributed by atoms with Gasteiger partial charge in [-0.1, -0.05) is 6.92 Å². The van der Waals surface area contributed by atoms with E-state index in [4.69, 9.17) is 5.73 Å². The van der Waals surface area contributed by atoms with Crippen LogP contribution in [0.4, 0.5) is 0 Å². The van der Waals surface area contributed by atoms with Gasteiger partial charge in [0.25, 0.3) is 0 Å². The summed E-state index contributed by atoms with van der Waals surface area (Å²) in [6, 6.07) is 1.61. The molecule has 1 heterocycles. The Bertz CT molecular complexity index is 280. The monoisotopic (exact) mass is 183 g/mol. The second-order valence-electron chi connectivity index (χ2n) is 2.81. The van der Waals surface area contributed by atoms with Crippen LogP contribution in [0.2, 0.25) is 0 Å². The quantitative estimate of drug-likeness (QED) is 0.728. The molecule has 0 aliphatic heterocycles. The van der Waals surface area contributed by atoms with Crippen LogP contribution in [0.3, 0.4) is 0 Å². The third kappa shape index (κ3) is 1.73. The normalized spacial score (nSPS) is 12.9. The molecule has 2 N–H and O–H groups in total. The summed E-state index contributed by atoms with van der Waals surface area (Å²) < 4.78 is 0. The first-order valence-electron chi connectivity index (χ1n) is 4.00. The van der Waals surface area contributed by atoms with Gasteiger partial charge in [-0.05, 0) is 30.4 Å². The molecule has 0 amide bonds. The molecule has 3 heteroatoms. The van der Waals surface area contributed by atoms with Gasteiger partial charge >= 0.3 is 0 Å². The van der Waals surface area contributed by atoms with Crippen molar-refractivity contribution in [3.63, 3.8) is 0 Å². The number of carbonyl (C=O) groups excluding carboxylic acids is 1. The lowest BCUT2D eigenvalue weighted by molar-refractivity contribution is 0.0963. The topological polar surface area (TPSA) is 43.1 Å². The molecule has 1 atom stereocenters. The molecule has 0 saturated heterocycles. The van der Waals surface area contributed by atoms with Gasteiger partial charge in [-0.25, -0.2) is 0 Å². The molecular formula is C9H13NOS. The summed E-state index contributed by atoms with van der Waals surface area (Å²) in [6.45, 7) is 3.86. The molecule has 1 rings (SSSR count). The van der Waals surface area contributed by atoms with Gasteiger partial charge < -0.3 is 5.73 Å². The standard InChI is InChI=1S/C9H13NOS/c1-3-7(10)8(11)9-6(2)4-5-12-9/h4-5,7H,3,10H2,1-2H3. The van der Waals surface area contributed by atoms with Gasteiger partial charge in [0.05, 0.1) is 10.9 Å². The zero-order chi connectivity index (χ0) is 9.14. The maximum atomic E-state index is 11.5. The summed E-state index contributed by atoms with van der Waals surface area (Å²) in [4.78, 5) is 12.4. The summed E-state index contributed by atoms with van der Waals surface area (Å²) in [5.74, 6) is 0.0741. The van der Waals surface area contributed by atoms with E-state index in [0.717, 1.165) is 10.4 Å². The first kappa shape index (κ1) is 9.42. The zero-order valence-corrected chi connectivity index (χ0v) is 8.15. The summed E-state index contributed by atoms with van der Waals surface area (Å²) in [6.07, 6.45) is 0.705. The van der Waals surface area contributed by atoms with E-state index in [-0.39, 0.29) is 11.8 Å². The van der Waals surface area contributed by atoms with Gasteiger partial charge in [0.1, 0.15) is 0 Å². The van der Waals surface area contributed by atoms with Crippen LogP contribution in [0.1, 0.15) is 28.6 Å². The van der Waals surface area contributed by atoms with E-state index < -0.39 is 0 Å². The largest absolute Gasteiger partial charge is 0.321 e. The highest BCUT2D eigenvalue weighted by atomic mass is 32.1. The van der Waals surface area contributed by atoms with Crippen LogP contribution in [0.25, 0.3) is 0 Å². The van der Waals surface area contributed by atoms with E-state index in [1.165, 1.54) is 11.3 Å². The van der Waals surface area contributed by atoms with E-state index in [0.29, 0.717) is 6.42 Å². The van der Waals surface area contributed by atoms with Gasteiger partial charge in [0.2, 0.25) is 0 Å². The molecule has 0 saturated carbocycles. The van der Waals surface area contributed by atoms with Crippen molar-refractivity contribution in [1.29, 1.82) is 0 Å². The van der Waals surface area contributed by atoms with Crippen molar-refractivity contribution < 1.29 is 4.79 Å². The van der Waals surface area contributed by atoms with Gasteiger partial charge in [-0.2, -0.15) is 0 Å². The van der Waals surface area contributed by atoms with Gasteiger partial charge in [-0.15, -0.1) is 11.3 Å². The number of hydrogen-bond donors (Lipinski definition) is 1. The maximum Gasteiger partial charge on any atom is 0.189 e. The number of hydrogen-bond acceptors (Lipinski definition) is 3. The van der Waals surface area contributed by atoms with E-state index >= 15 is 0 Å². The van der Waals surface area contributed by atoms with Crippen molar-refractivity contribution >= 4 is 17.1 Å². The maximum absolute atomic E-state index is 11.5. The lowest BCUT2D eigenvalue weighted by Crippen LogP contribution is -2.29. The van der Waals surface area contributed by atoms with E-state index in [2.05, 4.69) is 0 Å². The second-order valence-corrected chi connectivity index (χ2v) is 3.73. The number of aryl methyl sites for hydroxylation is 1. The number of ketones is 1. The second kappa shape index (κ2) is 3.83. The highest BCUT2D eigenvalue weighted by Gasteiger charge is 2.16. The molecule has 1 aromatic heterocycles. The van der Waals surface area contributed by atoms with E-state index in [1.807, 2.05) is 25.3 Å². The molecule has 0 radical (unpaired) electrons. The average Bonchev–Trinajstić information content (AvgIpc) is 2.48. The van der Waals surface area contributed by atoms with Crippen molar-refractivity contribution in [3.8, 4) is 0 Å². The number of nitrogens with two attached hydrogens (primary N) is 1. The predicted octanol–water partition coefficient (Wildman–Crippen LogP) is 1.98. The third-order valence-electron chi connectivity index (χ3n) is 1.86. The minimum absolute atomic E-state index is 0.0741. The molecule has 0 aromatic carbocycles. The molecule has 1 aromatic rings. The fraction of sp³-hybridized carbons (Fsp3) is 0.444. The molecule has 0 fully saturated rings. The van der Waals surface area contributed by atoms with Crippen molar-refractivity contribution in [2.75, 3.05) is 0 Å². The fourth-order valence-electron chi connectivity index (χ4n) is 0.979. The Hall–Kier alpha value is -0.670. The summed E-state index contributed by atoms with van der Waals surface area (Å²) in [5.41, 5.74) is 6.67. The van der Waals surface area contributed by atoms with Gasteiger partial charge in [0, 0.05) is 0 Å². The summed E-state index contributed by atoms with van der Waals surface area (Å²) in [5, 5.41) is 1.92. The average molecular weight is 183 g/mol. The smallest absolute Gasteiger partial charge is 0.189 e. The summed E-state index contributed by atoms with van der Waals surface area (Å²) >= 11 is 1.47. The van der Waals surface area contributed by atoms with Crippen LogP contribution in [0.5, 0.6) is 0 Å². The Kier molecular flexibility index (Phi) is 3.00. The van der Waals surface area contributed by atoms with E-state index in [9.17, 15) is 4.79 Å². The zero-order valence-electron chi connectivity index (χ0n) is 7.33. The Morgan fingerprint density at radius 3 is 2.83 bits per heavy atom. The number of Topliss-reactive ketones (excluding diaryl/α,β-unsaturated/α-hetero) is 1. The first-order chi connectivity index (χ1) is 5.66. The minimum atomic E-state index is -0.331. The first-order valence-corrected chi connectivity index (χ1v) is 4.88. The molecule has 0 bridgehead atoms. The molecule has 0 aliphatic rings. The van der Waals surface area contributed by atoms with Crippen LogP contribution < -0.4 is 5.73 Å². The summed E-state index contributed by atoms with van der Waals surface area (Å²) in [7, 11) is 0. The fourth-order valence-corrected chi connectivity index (χ4v) is 1.91. The number of thiophene rings is 1. The lowest BCUT2D eigenvalue weighted by Gasteiger charge is -2.05. The Morgan fingerprint density at radius 2 is 2.42 bits per heavy atom. The Labute approximate surface area is 76.4 Å². The molecule has 12 heavy (non-hydrogen) atoms. The molecule has 0 aliphatic carbocycles. The van der Waals surface area contributed by atoms with Crippen LogP contribution >= 0.6 is 11.3 Å². The highest BCUT2D eigenvalue weighted by Crippen LogP contribution is 2.17. The molecule has 0 spiro atoms. The third-order valence-corrected chi connectivity index (χ3v) is 2.89. The highest BCUT2D eigenvalue weighted by molar-refractivity contribution is 7.12. The molecule has 1 unspecified atom stereocenters. The van der Waals surface area contributed by atoms with Crippen molar-refractivity contribution in [2.24, 2.45) is 5.73 Å². The van der Waals surface area contributed by atoms with Crippen LogP contribution in [-0.4, -0.2) is 11.8 Å². The molecule has 66 valence electrons. The van der Waals surface area contributed by atoms with Gasteiger partial charge in [0.15, 0.2) is 5.78 Å². The SMILES string of the molecule is CCC(N)C(=O)c1sccc1C. The Balaban J connectivity index is 2.85. The Morgan fingerprint density at radius 1 is 1.75 bits per heavy atom. The lowest BCUT2D eigenvalue weighted by atomic mass is 10.1.